The molecule has 1 saturated heterocycles. The predicted octanol–water partition coefficient (Wildman–Crippen LogP) is 3.13. The minimum Gasteiger partial charge on any atom is -0.484 e. The monoisotopic (exact) mass is 342 g/mol. The minimum absolute atomic E-state index is 0.0588. The van der Waals surface area contributed by atoms with E-state index in [1.807, 2.05) is 18.2 Å². The number of carbonyl (C=O) groups is 2. The Hall–Kier alpha value is -2.04. The first-order chi connectivity index (χ1) is 12.2. The number of rotatable bonds is 3. The molecular weight excluding hydrogens is 316 g/mol. The summed E-state index contributed by atoms with van der Waals surface area (Å²) in [6.07, 6.45) is 8.58. The van der Waals surface area contributed by atoms with Crippen LogP contribution in [0.3, 0.4) is 0 Å². The van der Waals surface area contributed by atoms with Crippen molar-refractivity contribution in [1.82, 2.24) is 4.90 Å². The Morgan fingerprint density at radius 1 is 1.16 bits per heavy atom. The Kier molecular flexibility index (Phi) is 4.64. The quantitative estimate of drug-likeness (QED) is 0.918. The van der Waals surface area contributed by atoms with Crippen LogP contribution in [0.25, 0.3) is 0 Å². The van der Waals surface area contributed by atoms with E-state index in [0.717, 1.165) is 37.1 Å². The number of hydrogen-bond acceptors (Lipinski definition) is 3. The van der Waals surface area contributed by atoms with Crippen molar-refractivity contribution in [1.29, 1.82) is 0 Å². The summed E-state index contributed by atoms with van der Waals surface area (Å²) in [6, 6.07) is 6.07. The van der Waals surface area contributed by atoms with E-state index in [-0.39, 0.29) is 18.4 Å². The lowest BCUT2D eigenvalue weighted by Crippen LogP contribution is -2.51. The first-order valence-electron chi connectivity index (χ1n) is 9.56. The standard InChI is InChI=1S/C20H26N2O3/c23-19-10-7-15-12-16(8-9-17(15)21-19)25-13-20(24)22-11-3-5-14-4-1-2-6-18(14)22/h8-9,12,14,18H,1-7,10-11,13H2,(H,21,23)/t14-,18+/m1/s1. The second kappa shape index (κ2) is 7.06. The summed E-state index contributed by atoms with van der Waals surface area (Å²) < 4.78 is 5.79. The SMILES string of the molecule is O=C1CCc2cc(OCC(=O)N3CCC[C@H]4CCCC[C@@H]43)ccc2N1. The maximum absolute atomic E-state index is 12.7. The molecule has 5 nitrogen and oxygen atoms in total. The largest absolute Gasteiger partial charge is 0.484 e. The number of likely N-dealkylation sites (tertiary alicyclic amines) is 1. The van der Waals surface area contributed by atoms with E-state index in [0.29, 0.717) is 24.1 Å². The molecule has 134 valence electrons. The van der Waals surface area contributed by atoms with E-state index >= 15 is 0 Å². The van der Waals surface area contributed by atoms with Crippen molar-refractivity contribution in [2.75, 3.05) is 18.5 Å². The van der Waals surface area contributed by atoms with Gasteiger partial charge in [-0.3, -0.25) is 9.59 Å². The van der Waals surface area contributed by atoms with Gasteiger partial charge in [0.05, 0.1) is 0 Å². The molecule has 25 heavy (non-hydrogen) atoms. The van der Waals surface area contributed by atoms with Crippen LogP contribution in [0.2, 0.25) is 0 Å². The van der Waals surface area contributed by atoms with E-state index in [2.05, 4.69) is 10.2 Å². The highest BCUT2D eigenvalue weighted by Gasteiger charge is 2.35. The number of piperidine rings is 1. The Morgan fingerprint density at radius 2 is 2.00 bits per heavy atom. The van der Waals surface area contributed by atoms with Gasteiger partial charge in [0.15, 0.2) is 6.61 Å². The Bertz CT molecular complexity index is 671. The molecule has 0 unspecified atom stereocenters. The van der Waals surface area contributed by atoms with Crippen molar-refractivity contribution >= 4 is 17.5 Å². The summed E-state index contributed by atoms with van der Waals surface area (Å²) in [6.45, 7) is 0.980. The van der Waals surface area contributed by atoms with Gasteiger partial charge in [0, 0.05) is 24.7 Å². The van der Waals surface area contributed by atoms with Gasteiger partial charge in [-0.05, 0) is 61.8 Å². The Morgan fingerprint density at radius 3 is 2.92 bits per heavy atom. The summed E-state index contributed by atoms with van der Waals surface area (Å²) in [5.74, 6) is 1.57. The smallest absolute Gasteiger partial charge is 0.260 e. The number of hydrogen-bond donors (Lipinski definition) is 1. The molecule has 0 spiro atoms. The van der Waals surface area contributed by atoms with Crippen molar-refractivity contribution in [2.24, 2.45) is 5.92 Å². The average molecular weight is 342 g/mol. The summed E-state index contributed by atoms with van der Waals surface area (Å²) >= 11 is 0. The fourth-order valence-electron chi connectivity index (χ4n) is 4.61. The molecule has 4 rings (SSSR count). The van der Waals surface area contributed by atoms with Gasteiger partial charge >= 0.3 is 0 Å². The van der Waals surface area contributed by atoms with Gasteiger partial charge in [-0.1, -0.05) is 12.8 Å². The molecule has 2 atom stereocenters. The molecule has 1 aliphatic carbocycles. The fourth-order valence-corrected chi connectivity index (χ4v) is 4.61. The molecule has 5 heteroatoms. The zero-order chi connectivity index (χ0) is 17.2. The van der Waals surface area contributed by atoms with Crippen LogP contribution in [-0.2, 0) is 16.0 Å². The summed E-state index contributed by atoms with van der Waals surface area (Å²) in [4.78, 5) is 26.2. The normalized spacial score (nSPS) is 25.6. The van der Waals surface area contributed by atoms with E-state index in [9.17, 15) is 9.59 Å². The predicted molar refractivity (Wildman–Crippen MR) is 95.6 cm³/mol. The summed E-state index contributed by atoms with van der Waals surface area (Å²) in [5.41, 5.74) is 1.94. The highest BCUT2D eigenvalue weighted by molar-refractivity contribution is 5.94. The number of aryl methyl sites for hydroxylation is 1. The number of ether oxygens (including phenoxy) is 1. The highest BCUT2D eigenvalue weighted by Crippen LogP contribution is 2.35. The van der Waals surface area contributed by atoms with Crippen molar-refractivity contribution < 1.29 is 14.3 Å². The number of amides is 2. The molecule has 1 saturated carbocycles. The van der Waals surface area contributed by atoms with Crippen molar-refractivity contribution in [3.05, 3.63) is 23.8 Å². The van der Waals surface area contributed by atoms with Gasteiger partial charge in [-0.2, -0.15) is 0 Å². The van der Waals surface area contributed by atoms with Gasteiger partial charge in [0.2, 0.25) is 5.91 Å². The fraction of sp³-hybridized carbons (Fsp3) is 0.600. The molecule has 2 amide bonds. The van der Waals surface area contributed by atoms with E-state index in [4.69, 9.17) is 4.74 Å². The van der Waals surface area contributed by atoms with Crippen LogP contribution in [0.4, 0.5) is 5.69 Å². The molecule has 1 N–H and O–H groups in total. The average Bonchev–Trinajstić information content (AvgIpc) is 2.65. The lowest BCUT2D eigenvalue weighted by molar-refractivity contribution is -0.139. The van der Waals surface area contributed by atoms with E-state index in [1.54, 1.807) is 0 Å². The third kappa shape index (κ3) is 3.51. The third-order valence-electron chi connectivity index (χ3n) is 5.90. The molecule has 2 aliphatic heterocycles. The lowest BCUT2D eigenvalue weighted by atomic mass is 9.78. The van der Waals surface area contributed by atoms with Gasteiger partial charge in [0.25, 0.3) is 5.91 Å². The zero-order valence-corrected chi connectivity index (χ0v) is 14.6. The second-order valence-electron chi connectivity index (χ2n) is 7.50. The molecule has 3 aliphatic rings. The van der Waals surface area contributed by atoms with Gasteiger partial charge in [-0.15, -0.1) is 0 Å². The van der Waals surface area contributed by atoms with Crippen LogP contribution < -0.4 is 10.1 Å². The van der Waals surface area contributed by atoms with E-state index in [1.165, 1.54) is 25.7 Å². The number of benzene rings is 1. The van der Waals surface area contributed by atoms with Gasteiger partial charge in [0.1, 0.15) is 5.75 Å². The molecular formula is C20H26N2O3. The van der Waals surface area contributed by atoms with Crippen LogP contribution in [-0.4, -0.2) is 35.9 Å². The molecule has 1 aromatic rings. The van der Waals surface area contributed by atoms with Crippen molar-refractivity contribution in [2.45, 2.75) is 57.4 Å². The maximum Gasteiger partial charge on any atom is 0.260 e. The molecule has 0 aromatic heterocycles. The van der Waals surface area contributed by atoms with Crippen LogP contribution in [0, 0.1) is 5.92 Å². The van der Waals surface area contributed by atoms with Crippen molar-refractivity contribution in [3.63, 3.8) is 0 Å². The van der Waals surface area contributed by atoms with Crippen LogP contribution >= 0.6 is 0 Å². The van der Waals surface area contributed by atoms with Crippen molar-refractivity contribution in [3.8, 4) is 5.75 Å². The summed E-state index contributed by atoms with van der Waals surface area (Å²) in [7, 11) is 0. The summed E-state index contributed by atoms with van der Waals surface area (Å²) in [5, 5.41) is 2.87. The number of nitrogens with one attached hydrogen (secondary N) is 1. The van der Waals surface area contributed by atoms with Gasteiger partial charge in [-0.25, -0.2) is 0 Å². The number of nitrogens with zero attached hydrogens (tertiary/aromatic N) is 1. The molecule has 0 radical (unpaired) electrons. The molecule has 2 heterocycles. The lowest BCUT2D eigenvalue weighted by Gasteiger charge is -2.44. The van der Waals surface area contributed by atoms with Crippen LogP contribution in [0.1, 0.15) is 50.5 Å². The molecule has 1 aromatic carbocycles. The van der Waals surface area contributed by atoms with E-state index < -0.39 is 0 Å². The zero-order valence-electron chi connectivity index (χ0n) is 14.6. The number of anilines is 1. The molecule has 2 fully saturated rings. The first kappa shape index (κ1) is 16.4. The van der Waals surface area contributed by atoms with Gasteiger partial charge < -0.3 is 15.0 Å². The Balaban J connectivity index is 1.37. The third-order valence-corrected chi connectivity index (χ3v) is 5.90. The van der Waals surface area contributed by atoms with Crippen LogP contribution in [0.15, 0.2) is 18.2 Å². The minimum atomic E-state index is 0.0588. The number of carbonyl (C=O) groups excluding carboxylic acids is 2. The Labute approximate surface area is 148 Å². The molecule has 0 bridgehead atoms. The highest BCUT2D eigenvalue weighted by atomic mass is 16.5. The number of fused-ring (bicyclic) bond motifs is 2. The second-order valence-corrected chi connectivity index (χ2v) is 7.50. The van der Waals surface area contributed by atoms with Crippen LogP contribution in [0.5, 0.6) is 5.75 Å². The topological polar surface area (TPSA) is 58.6 Å². The first-order valence-corrected chi connectivity index (χ1v) is 9.56. The maximum atomic E-state index is 12.7.